The second kappa shape index (κ2) is 11.2. The van der Waals surface area contributed by atoms with Crippen LogP contribution in [0.1, 0.15) is 56.8 Å². The minimum absolute atomic E-state index is 0.210. The Balaban J connectivity index is 1.64. The first-order valence-corrected chi connectivity index (χ1v) is 14.4. The summed E-state index contributed by atoms with van der Waals surface area (Å²) in [6.07, 6.45) is 1.66. The Morgan fingerprint density at radius 2 is 1.65 bits per heavy atom. The van der Waals surface area contributed by atoms with Crippen molar-refractivity contribution >= 4 is 32.7 Å². The Kier molecular flexibility index (Phi) is 8.21. The van der Waals surface area contributed by atoms with E-state index in [1.807, 2.05) is 49.4 Å². The van der Waals surface area contributed by atoms with Gasteiger partial charge >= 0.3 is 21.7 Å². The molecule has 0 heterocycles. The maximum atomic E-state index is 13.4. The van der Waals surface area contributed by atoms with E-state index in [9.17, 15) is 26.4 Å². The van der Waals surface area contributed by atoms with Crippen LogP contribution in [0.15, 0.2) is 72.8 Å². The van der Waals surface area contributed by atoms with E-state index in [4.69, 9.17) is 4.74 Å². The van der Waals surface area contributed by atoms with Crippen molar-refractivity contribution in [1.82, 2.24) is 4.90 Å². The number of amides is 1. The zero-order chi connectivity index (χ0) is 29.3. The number of hydrogen-bond acceptors (Lipinski definition) is 5. The average Bonchev–Trinajstić information content (AvgIpc) is 2.86. The van der Waals surface area contributed by atoms with Gasteiger partial charge in [0.25, 0.3) is 0 Å². The number of allylic oxidation sites excluding steroid dienone is 1. The van der Waals surface area contributed by atoms with Crippen molar-refractivity contribution in [3.05, 3.63) is 89.5 Å². The summed E-state index contributed by atoms with van der Waals surface area (Å²) in [5.74, 6) is -0.756. The standard InChI is InChI=1S/C30H32F3NO5S/c1-20(24-15-9-12-22-10-5-7-13-25(22)24)34(28(35)38-29(2,3)4)17-16-21-18-23-11-6-8-14-26(23)27(19-21)39-40(36,37)30(31,32)33/h5-15,19-21H,16-18H2,1-4H3. The van der Waals surface area contributed by atoms with Gasteiger partial charge in [0, 0.05) is 12.1 Å². The quantitative estimate of drug-likeness (QED) is 0.214. The molecule has 40 heavy (non-hydrogen) atoms. The molecule has 2 unspecified atom stereocenters. The van der Waals surface area contributed by atoms with Gasteiger partial charge in [0.2, 0.25) is 0 Å². The van der Waals surface area contributed by atoms with Crippen molar-refractivity contribution in [2.45, 2.75) is 57.7 Å². The number of nitrogens with zero attached hydrogens (tertiary/aromatic N) is 1. The Labute approximate surface area is 232 Å². The molecule has 0 radical (unpaired) electrons. The second-order valence-electron chi connectivity index (χ2n) is 10.8. The van der Waals surface area contributed by atoms with Gasteiger partial charge in [-0.25, -0.2) is 4.79 Å². The minimum Gasteiger partial charge on any atom is -0.444 e. The number of carbonyl (C=O) groups is 1. The zero-order valence-electron chi connectivity index (χ0n) is 22.7. The molecule has 6 nitrogen and oxygen atoms in total. The maximum absolute atomic E-state index is 13.4. The molecule has 0 fully saturated rings. The highest BCUT2D eigenvalue weighted by atomic mass is 32.2. The minimum atomic E-state index is -5.85. The summed E-state index contributed by atoms with van der Waals surface area (Å²) in [7, 11) is -5.85. The van der Waals surface area contributed by atoms with Crippen molar-refractivity contribution in [3.63, 3.8) is 0 Å². The van der Waals surface area contributed by atoms with E-state index in [1.165, 1.54) is 12.1 Å². The second-order valence-corrected chi connectivity index (χ2v) is 12.4. The monoisotopic (exact) mass is 575 g/mol. The van der Waals surface area contributed by atoms with Crippen LogP contribution in [0.25, 0.3) is 16.5 Å². The van der Waals surface area contributed by atoms with Crippen molar-refractivity contribution in [3.8, 4) is 0 Å². The zero-order valence-corrected chi connectivity index (χ0v) is 23.6. The van der Waals surface area contributed by atoms with Crippen LogP contribution in [0.5, 0.6) is 0 Å². The fraction of sp³-hybridized carbons (Fsp3) is 0.367. The first kappa shape index (κ1) is 29.5. The molecule has 0 N–H and O–H groups in total. The Morgan fingerprint density at radius 3 is 2.35 bits per heavy atom. The largest absolute Gasteiger partial charge is 0.534 e. The van der Waals surface area contributed by atoms with E-state index in [-0.39, 0.29) is 18.3 Å². The third-order valence-electron chi connectivity index (χ3n) is 6.74. The summed E-state index contributed by atoms with van der Waals surface area (Å²) in [6.45, 7) is 7.44. The maximum Gasteiger partial charge on any atom is 0.534 e. The number of fused-ring (bicyclic) bond motifs is 2. The molecule has 0 bridgehead atoms. The smallest absolute Gasteiger partial charge is 0.444 e. The van der Waals surface area contributed by atoms with E-state index >= 15 is 0 Å². The van der Waals surface area contributed by atoms with Crippen LogP contribution >= 0.6 is 0 Å². The van der Waals surface area contributed by atoms with E-state index in [2.05, 4.69) is 4.18 Å². The molecule has 0 aliphatic heterocycles. The number of alkyl halides is 3. The summed E-state index contributed by atoms with van der Waals surface area (Å²) < 4.78 is 73.3. The van der Waals surface area contributed by atoms with Crippen LogP contribution < -0.4 is 0 Å². The van der Waals surface area contributed by atoms with Gasteiger partial charge in [-0.3, -0.25) is 0 Å². The fourth-order valence-electron chi connectivity index (χ4n) is 4.86. The molecule has 0 saturated heterocycles. The summed E-state index contributed by atoms with van der Waals surface area (Å²) in [5, 5.41) is 2.01. The van der Waals surface area contributed by atoms with Crippen LogP contribution in [0.2, 0.25) is 0 Å². The molecule has 2 atom stereocenters. The highest BCUT2D eigenvalue weighted by molar-refractivity contribution is 7.87. The Hall–Kier alpha value is -3.53. The van der Waals surface area contributed by atoms with Crippen molar-refractivity contribution in [2.75, 3.05) is 6.54 Å². The van der Waals surface area contributed by atoms with E-state index in [0.29, 0.717) is 24.0 Å². The molecule has 0 saturated carbocycles. The lowest BCUT2D eigenvalue weighted by molar-refractivity contribution is -0.0509. The molecular weight excluding hydrogens is 543 g/mol. The number of rotatable bonds is 7. The van der Waals surface area contributed by atoms with Gasteiger partial charge in [-0.1, -0.05) is 66.7 Å². The van der Waals surface area contributed by atoms with Gasteiger partial charge in [0.1, 0.15) is 11.4 Å². The SMILES string of the molecule is CC(c1cccc2ccccc12)N(CCC1C=C(OS(=O)(=O)C(F)(F)F)c2ccccc2C1)C(=O)OC(C)(C)C. The molecule has 4 rings (SSSR count). The lowest BCUT2D eigenvalue weighted by Crippen LogP contribution is -2.39. The van der Waals surface area contributed by atoms with Crippen LogP contribution in [-0.2, 0) is 25.5 Å². The lowest BCUT2D eigenvalue weighted by atomic mass is 9.86. The molecule has 3 aromatic carbocycles. The van der Waals surface area contributed by atoms with Crippen LogP contribution in [0, 0.1) is 5.92 Å². The molecule has 0 spiro atoms. The highest BCUT2D eigenvalue weighted by Gasteiger charge is 2.49. The predicted molar refractivity (Wildman–Crippen MR) is 148 cm³/mol. The molecule has 1 aliphatic rings. The molecule has 0 aromatic heterocycles. The lowest BCUT2D eigenvalue weighted by Gasteiger charge is -2.34. The predicted octanol–water partition coefficient (Wildman–Crippen LogP) is 7.61. The van der Waals surface area contributed by atoms with Gasteiger partial charge in [0.15, 0.2) is 0 Å². The fourth-order valence-corrected chi connectivity index (χ4v) is 5.33. The summed E-state index contributed by atoms with van der Waals surface area (Å²) in [4.78, 5) is 15.0. The van der Waals surface area contributed by atoms with Crippen LogP contribution in [0.4, 0.5) is 18.0 Å². The molecule has 10 heteroatoms. The van der Waals surface area contributed by atoms with Gasteiger partial charge < -0.3 is 13.8 Å². The topological polar surface area (TPSA) is 72.9 Å². The molecule has 214 valence electrons. The van der Waals surface area contributed by atoms with Gasteiger partial charge in [-0.15, -0.1) is 0 Å². The number of halogens is 3. The summed E-state index contributed by atoms with van der Waals surface area (Å²) >= 11 is 0. The first-order chi connectivity index (χ1) is 18.7. The van der Waals surface area contributed by atoms with Gasteiger partial charge in [-0.05, 0) is 74.4 Å². The van der Waals surface area contributed by atoms with E-state index < -0.39 is 33.2 Å². The molecule has 1 aliphatic carbocycles. The number of carbonyl (C=O) groups excluding carboxylic acids is 1. The summed E-state index contributed by atoms with van der Waals surface area (Å²) in [5.41, 5.74) is -4.43. The van der Waals surface area contributed by atoms with Crippen molar-refractivity contribution in [1.29, 1.82) is 0 Å². The third kappa shape index (κ3) is 6.60. The van der Waals surface area contributed by atoms with Gasteiger partial charge in [0.05, 0.1) is 6.04 Å². The molecule has 3 aromatic rings. The first-order valence-electron chi connectivity index (χ1n) is 12.9. The van der Waals surface area contributed by atoms with Crippen LogP contribution in [0.3, 0.4) is 0 Å². The van der Waals surface area contributed by atoms with Crippen molar-refractivity contribution < 1.29 is 35.3 Å². The Morgan fingerprint density at radius 1 is 1.00 bits per heavy atom. The molecular formula is C30H32F3NO5S. The van der Waals surface area contributed by atoms with E-state index in [1.54, 1.807) is 43.9 Å². The Bertz CT molecular complexity index is 1520. The van der Waals surface area contributed by atoms with Gasteiger partial charge in [-0.2, -0.15) is 21.6 Å². The van der Waals surface area contributed by atoms with E-state index in [0.717, 1.165) is 16.3 Å². The summed E-state index contributed by atoms with van der Waals surface area (Å²) in [6, 6.07) is 19.9. The number of hydrogen-bond donors (Lipinski definition) is 0. The normalized spacial score (nSPS) is 16.6. The van der Waals surface area contributed by atoms with Crippen molar-refractivity contribution in [2.24, 2.45) is 5.92 Å². The van der Waals surface area contributed by atoms with Crippen LogP contribution in [-0.4, -0.2) is 37.1 Å². The highest BCUT2D eigenvalue weighted by Crippen LogP contribution is 2.37. The average molecular weight is 576 g/mol. The number of ether oxygens (including phenoxy) is 1. The third-order valence-corrected chi connectivity index (χ3v) is 7.71. The molecule has 1 amide bonds. The number of benzene rings is 3.